The van der Waals surface area contributed by atoms with Crippen LogP contribution in [0.15, 0.2) is 24.3 Å². The molecule has 0 spiro atoms. The summed E-state index contributed by atoms with van der Waals surface area (Å²) < 4.78 is 24.9. The first-order chi connectivity index (χ1) is 10.3. The summed E-state index contributed by atoms with van der Waals surface area (Å²) in [5, 5.41) is 0. The number of benzene rings is 1. The molecule has 1 N–H and O–H groups in total. The molecule has 0 radical (unpaired) electrons. The standard InChI is InChI=1S/C18H23NO2S/c1-11(2)13-5-6-16-14(7-13)9-22(20,21)10-15-8-17(12(3)4)19-18(15)16/h5-8,11-12,19H,9-10H2,1-4H3. The molecule has 2 aromatic rings. The molecule has 0 atom stereocenters. The maximum absolute atomic E-state index is 12.4. The third-order valence-electron chi connectivity index (χ3n) is 4.36. The molecule has 0 saturated carbocycles. The molecule has 1 aromatic carbocycles. The van der Waals surface area contributed by atoms with E-state index in [0.717, 1.165) is 28.1 Å². The van der Waals surface area contributed by atoms with Gasteiger partial charge in [0, 0.05) is 11.3 Å². The first kappa shape index (κ1) is 15.3. The second-order valence-electron chi connectivity index (χ2n) is 6.88. The Morgan fingerprint density at radius 2 is 1.64 bits per heavy atom. The van der Waals surface area contributed by atoms with Gasteiger partial charge >= 0.3 is 0 Å². The number of fused-ring (bicyclic) bond motifs is 3. The van der Waals surface area contributed by atoms with Crippen LogP contribution in [0.2, 0.25) is 0 Å². The van der Waals surface area contributed by atoms with E-state index in [9.17, 15) is 8.42 Å². The average Bonchev–Trinajstić information content (AvgIpc) is 2.76. The van der Waals surface area contributed by atoms with Crippen molar-refractivity contribution >= 4 is 9.84 Å². The molecule has 0 bridgehead atoms. The van der Waals surface area contributed by atoms with Crippen LogP contribution in [-0.4, -0.2) is 13.4 Å². The molecule has 4 heteroatoms. The van der Waals surface area contributed by atoms with Crippen molar-refractivity contribution in [3.63, 3.8) is 0 Å². The lowest BCUT2D eigenvalue weighted by atomic mass is 9.96. The lowest BCUT2D eigenvalue weighted by molar-refractivity contribution is 0.595. The van der Waals surface area contributed by atoms with Crippen LogP contribution in [-0.2, 0) is 21.3 Å². The lowest BCUT2D eigenvalue weighted by Gasteiger charge is -2.11. The number of rotatable bonds is 2. The topological polar surface area (TPSA) is 49.9 Å². The number of aromatic amines is 1. The first-order valence-corrected chi connectivity index (χ1v) is 9.64. The Labute approximate surface area is 132 Å². The third kappa shape index (κ3) is 2.72. The van der Waals surface area contributed by atoms with Gasteiger partial charge in [0.05, 0.1) is 17.2 Å². The second-order valence-corrected chi connectivity index (χ2v) is 8.95. The molecule has 2 heterocycles. The zero-order chi connectivity index (χ0) is 16.1. The molecule has 22 heavy (non-hydrogen) atoms. The van der Waals surface area contributed by atoms with E-state index in [2.05, 4.69) is 50.9 Å². The maximum atomic E-state index is 12.4. The monoisotopic (exact) mass is 317 g/mol. The minimum absolute atomic E-state index is 0.122. The van der Waals surface area contributed by atoms with E-state index < -0.39 is 9.84 Å². The Morgan fingerprint density at radius 1 is 0.955 bits per heavy atom. The molecule has 3 rings (SSSR count). The van der Waals surface area contributed by atoms with Gasteiger partial charge in [0.25, 0.3) is 0 Å². The van der Waals surface area contributed by atoms with Gasteiger partial charge in [0.1, 0.15) is 0 Å². The number of hydrogen-bond donors (Lipinski definition) is 1. The fraction of sp³-hybridized carbons (Fsp3) is 0.444. The minimum atomic E-state index is -3.12. The highest BCUT2D eigenvalue weighted by Gasteiger charge is 2.26. The fourth-order valence-corrected chi connectivity index (χ4v) is 4.56. The Hall–Kier alpha value is -1.55. The van der Waals surface area contributed by atoms with Crippen LogP contribution >= 0.6 is 0 Å². The van der Waals surface area contributed by atoms with Gasteiger partial charge in [-0.25, -0.2) is 8.42 Å². The van der Waals surface area contributed by atoms with E-state index in [-0.39, 0.29) is 11.5 Å². The highest BCUT2D eigenvalue weighted by atomic mass is 32.2. The summed E-state index contributed by atoms with van der Waals surface area (Å²) in [4.78, 5) is 3.45. The lowest BCUT2D eigenvalue weighted by Crippen LogP contribution is -2.06. The summed E-state index contributed by atoms with van der Waals surface area (Å²) in [7, 11) is -3.12. The predicted octanol–water partition coefficient (Wildman–Crippen LogP) is 4.36. The maximum Gasteiger partial charge on any atom is 0.158 e. The van der Waals surface area contributed by atoms with Crippen molar-refractivity contribution < 1.29 is 8.42 Å². The highest BCUT2D eigenvalue weighted by Crippen LogP contribution is 2.36. The van der Waals surface area contributed by atoms with Crippen molar-refractivity contribution in [2.75, 3.05) is 0 Å². The van der Waals surface area contributed by atoms with Crippen LogP contribution in [0.1, 0.15) is 61.9 Å². The molecule has 0 unspecified atom stereocenters. The number of sulfone groups is 1. The molecule has 3 nitrogen and oxygen atoms in total. The molecule has 1 aliphatic heterocycles. The third-order valence-corrected chi connectivity index (χ3v) is 5.86. The number of aromatic nitrogens is 1. The summed E-state index contributed by atoms with van der Waals surface area (Å²) in [5.74, 6) is 0.998. The molecule has 0 amide bonds. The smallest absolute Gasteiger partial charge is 0.158 e. The van der Waals surface area contributed by atoms with E-state index in [1.165, 1.54) is 5.56 Å². The molecule has 0 fully saturated rings. The van der Waals surface area contributed by atoms with Gasteiger partial charge in [0.2, 0.25) is 0 Å². The zero-order valence-corrected chi connectivity index (χ0v) is 14.4. The fourth-order valence-electron chi connectivity index (χ4n) is 3.05. The normalized spacial score (nSPS) is 16.5. The van der Waals surface area contributed by atoms with Crippen LogP contribution in [0.3, 0.4) is 0 Å². The average molecular weight is 317 g/mol. The van der Waals surface area contributed by atoms with Gasteiger partial charge in [-0.2, -0.15) is 0 Å². The predicted molar refractivity (Wildman–Crippen MR) is 90.7 cm³/mol. The molecule has 118 valence electrons. The Kier molecular flexibility index (Phi) is 3.68. The van der Waals surface area contributed by atoms with E-state index >= 15 is 0 Å². The van der Waals surface area contributed by atoms with Gasteiger partial charge in [0.15, 0.2) is 9.84 Å². The number of H-pyrrole nitrogens is 1. The van der Waals surface area contributed by atoms with Crippen molar-refractivity contribution in [3.05, 3.63) is 46.6 Å². The van der Waals surface area contributed by atoms with Crippen molar-refractivity contribution in [1.29, 1.82) is 0 Å². The van der Waals surface area contributed by atoms with Gasteiger partial charge < -0.3 is 4.98 Å². The summed E-state index contributed by atoms with van der Waals surface area (Å²) in [6, 6.07) is 8.26. The van der Waals surface area contributed by atoms with Gasteiger partial charge in [-0.05, 0) is 34.6 Å². The number of nitrogens with one attached hydrogen (secondary N) is 1. The van der Waals surface area contributed by atoms with Gasteiger partial charge in [-0.15, -0.1) is 0 Å². The van der Waals surface area contributed by atoms with E-state index in [0.29, 0.717) is 11.8 Å². The molecule has 0 aliphatic carbocycles. The summed E-state index contributed by atoms with van der Waals surface area (Å²) >= 11 is 0. The summed E-state index contributed by atoms with van der Waals surface area (Å²) in [5.41, 5.74) is 6.12. The Balaban J connectivity index is 2.24. The van der Waals surface area contributed by atoms with Crippen molar-refractivity contribution in [2.45, 2.75) is 51.0 Å². The molecule has 1 aromatic heterocycles. The quantitative estimate of drug-likeness (QED) is 0.895. The van der Waals surface area contributed by atoms with Crippen LogP contribution in [0.25, 0.3) is 11.3 Å². The van der Waals surface area contributed by atoms with E-state index in [4.69, 9.17) is 0 Å². The van der Waals surface area contributed by atoms with Crippen LogP contribution in [0, 0.1) is 0 Å². The Morgan fingerprint density at radius 3 is 2.27 bits per heavy atom. The largest absolute Gasteiger partial charge is 0.358 e. The van der Waals surface area contributed by atoms with E-state index in [1.807, 2.05) is 6.07 Å². The zero-order valence-electron chi connectivity index (χ0n) is 13.6. The molecule has 0 saturated heterocycles. The van der Waals surface area contributed by atoms with Crippen LogP contribution < -0.4 is 0 Å². The van der Waals surface area contributed by atoms with Crippen LogP contribution in [0.4, 0.5) is 0 Å². The van der Waals surface area contributed by atoms with E-state index in [1.54, 1.807) is 0 Å². The second kappa shape index (κ2) is 5.27. The van der Waals surface area contributed by atoms with Crippen molar-refractivity contribution in [3.8, 4) is 11.3 Å². The van der Waals surface area contributed by atoms with Crippen molar-refractivity contribution in [2.24, 2.45) is 0 Å². The first-order valence-electron chi connectivity index (χ1n) is 7.82. The highest BCUT2D eigenvalue weighted by molar-refractivity contribution is 7.89. The SMILES string of the molecule is CC(C)c1ccc2c(c1)CS(=O)(=O)Cc1cc(C(C)C)[nH]c1-2. The molecule has 1 aliphatic rings. The molecular weight excluding hydrogens is 294 g/mol. The van der Waals surface area contributed by atoms with Gasteiger partial charge in [-0.1, -0.05) is 45.9 Å². The molecular formula is C18H23NO2S. The van der Waals surface area contributed by atoms with Crippen LogP contribution in [0.5, 0.6) is 0 Å². The summed E-state index contributed by atoms with van der Waals surface area (Å²) in [6.45, 7) is 8.48. The van der Waals surface area contributed by atoms with Crippen molar-refractivity contribution in [1.82, 2.24) is 4.98 Å². The van der Waals surface area contributed by atoms with Gasteiger partial charge in [-0.3, -0.25) is 0 Å². The Bertz CT molecular complexity index is 814. The number of hydrogen-bond acceptors (Lipinski definition) is 2. The summed E-state index contributed by atoms with van der Waals surface area (Å²) in [6.07, 6.45) is 0. The minimum Gasteiger partial charge on any atom is -0.358 e.